The van der Waals surface area contributed by atoms with Crippen LogP contribution in [0.1, 0.15) is 12.6 Å². The van der Waals surface area contributed by atoms with E-state index in [0.29, 0.717) is 27.5 Å². The Kier molecular flexibility index (Phi) is 6.20. The van der Waals surface area contributed by atoms with Crippen molar-refractivity contribution >= 4 is 29.6 Å². The number of likely N-dealkylation sites (N-methyl/N-ethyl adjacent to an activating group) is 2. The van der Waals surface area contributed by atoms with E-state index in [9.17, 15) is 0 Å². The number of nitrogens with two attached hydrogens (primary N) is 1. The minimum absolute atomic E-state index is 0.0291. The Morgan fingerprint density at radius 3 is 2.55 bits per heavy atom. The molecular formula is C21H26ClN7. The molecule has 8 heteroatoms. The Morgan fingerprint density at radius 1 is 1.17 bits per heavy atom. The highest BCUT2D eigenvalue weighted by Gasteiger charge is 2.15. The van der Waals surface area contributed by atoms with Crippen LogP contribution < -0.4 is 27.1 Å². The molecule has 2 heterocycles. The normalized spacial score (nSPS) is 13.8. The van der Waals surface area contributed by atoms with Crippen LogP contribution in [0.25, 0.3) is 29.2 Å². The summed E-state index contributed by atoms with van der Waals surface area (Å²) in [6.07, 6.45) is 3.80. The van der Waals surface area contributed by atoms with Gasteiger partial charge in [0.05, 0.1) is 11.4 Å². The predicted octanol–water partition coefficient (Wildman–Crippen LogP) is 0.496. The Bertz CT molecular complexity index is 1130. The number of hydrogen-bond donors (Lipinski definition) is 3. The fourth-order valence-corrected chi connectivity index (χ4v) is 3.20. The zero-order valence-electron chi connectivity index (χ0n) is 17.1. The highest BCUT2D eigenvalue weighted by Crippen LogP contribution is 2.23. The number of halogens is 1. The zero-order valence-corrected chi connectivity index (χ0v) is 17.9. The molecule has 0 bridgehead atoms. The van der Waals surface area contributed by atoms with Crippen molar-refractivity contribution in [2.24, 2.45) is 5.73 Å². The summed E-state index contributed by atoms with van der Waals surface area (Å²) in [4.78, 5) is 13.4. The first-order valence-electron chi connectivity index (χ1n) is 9.30. The molecule has 152 valence electrons. The summed E-state index contributed by atoms with van der Waals surface area (Å²) in [5, 5.41) is 13.4. The maximum atomic E-state index is 8.39. The summed E-state index contributed by atoms with van der Waals surface area (Å²) < 4.78 is 0. The van der Waals surface area contributed by atoms with Crippen LogP contribution in [-0.4, -0.2) is 54.0 Å². The first-order valence-corrected chi connectivity index (χ1v) is 9.68. The smallest absolute Gasteiger partial charge is 0.173 e. The molecule has 0 unspecified atom stereocenters. The monoisotopic (exact) mass is 411 g/mol. The van der Waals surface area contributed by atoms with Crippen LogP contribution in [-0.2, 0) is 0 Å². The molecule has 29 heavy (non-hydrogen) atoms. The summed E-state index contributed by atoms with van der Waals surface area (Å²) in [5.41, 5.74) is 8.51. The SMILES string of the molecule is C/C(N)=c1\nc(-c2ccccc2Cl)c2c(nc1=N)C=C(N(C)CCN(C)C)NC=2. The standard InChI is InChI=1S/C21H26ClN7/c1-13(23)19-21(24)26-17-11-18(29(4)10-9-28(2)3)25-12-15(17)20(27-19)14-7-5-6-8-16(14)22/h5-8,11-12,24-25H,9-10,23H2,1-4H3/b19-13+,24-21?. The van der Waals surface area contributed by atoms with E-state index in [2.05, 4.69) is 20.1 Å². The Hall–Kier alpha value is -2.90. The van der Waals surface area contributed by atoms with Crippen LogP contribution in [0, 0.1) is 5.41 Å². The minimum Gasteiger partial charge on any atom is -0.400 e. The van der Waals surface area contributed by atoms with Crippen LogP contribution in [0.3, 0.4) is 0 Å². The maximum absolute atomic E-state index is 8.39. The molecule has 0 atom stereocenters. The summed E-state index contributed by atoms with van der Waals surface area (Å²) in [6.45, 7) is 3.48. The molecule has 0 radical (unpaired) electrons. The van der Waals surface area contributed by atoms with Crippen molar-refractivity contribution in [1.82, 2.24) is 25.1 Å². The largest absolute Gasteiger partial charge is 0.400 e. The van der Waals surface area contributed by atoms with Crippen molar-refractivity contribution in [1.29, 1.82) is 5.41 Å². The van der Waals surface area contributed by atoms with Crippen molar-refractivity contribution in [2.75, 3.05) is 34.2 Å². The molecule has 1 aliphatic rings. The van der Waals surface area contributed by atoms with Crippen LogP contribution in [0.4, 0.5) is 0 Å². The first kappa shape index (κ1) is 20.8. The van der Waals surface area contributed by atoms with Gasteiger partial charge >= 0.3 is 0 Å². The Morgan fingerprint density at radius 2 is 1.90 bits per heavy atom. The molecule has 1 aliphatic heterocycles. The third-order valence-corrected chi connectivity index (χ3v) is 4.98. The maximum Gasteiger partial charge on any atom is 0.173 e. The highest BCUT2D eigenvalue weighted by molar-refractivity contribution is 6.33. The molecule has 0 fully saturated rings. The van der Waals surface area contributed by atoms with Crippen molar-refractivity contribution in [2.45, 2.75) is 6.92 Å². The van der Waals surface area contributed by atoms with Gasteiger partial charge < -0.3 is 20.9 Å². The van der Waals surface area contributed by atoms with E-state index >= 15 is 0 Å². The topological polar surface area (TPSA) is 94.2 Å². The van der Waals surface area contributed by atoms with Gasteiger partial charge in [0.15, 0.2) is 5.49 Å². The van der Waals surface area contributed by atoms with Gasteiger partial charge in [0.25, 0.3) is 0 Å². The average Bonchev–Trinajstić information content (AvgIpc) is 2.82. The third-order valence-electron chi connectivity index (χ3n) is 4.65. The first-order chi connectivity index (χ1) is 13.8. The van der Waals surface area contributed by atoms with Gasteiger partial charge in [-0.2, -0.15) is 0 Å². The van der Waals surface area contributed by atoms with Crippen molar-refractivity contribution in [3.63, 3.8) is 0 Å². The molecule has 0 spiro atoms. The van der Waals surface area contributed by atoms with Crippen LogP contribution in [0.5, 0.6) is 0 Å². The lowest BCUT2D eigenvalue weighted by Crippen LogP contribution is -2.35. The quantitative estimate of drug-likeness (QED) is 0.663. The van der Waals surface area contributed by atoms with Crippen LogP contribution in [0.15, 0.2) is 30.1 Å². The second-order valence-electron chi connectivity index (χ2n) is 7.27. The summed E-state index contributed by atoms with van der Waals surface area (Å²) in [5.74, 6) is 0.901. The average molecular weight is 412 g/mol. The fraction of sp³-hybridized carbons (Fsp3) is 0.286. The van der Waals surface area contributed by atoms with Gasteiger partial charge in [-0.05, 0) is 27.1 Å². The zero-order chi connectivity index (χ0) is 21.1. The van der Waals surface area contributed by atoms with Crippen molar-refractivity contribution < 1.29 is 0 Å². The minimum atomic E-state index is 0.0291. The molecule has 7 nitrogen and oxygen atoms in total. The third kappa shape index (κ3) is 4.58. The number of hydrogen-bond acceptors (Lipinski definition) is 7. The number of rotatable bonds is 5. The van der Waals surface area contributed by atoms with Gasteiger partial charge in [0.1, 0.15) is 11.2 Å². The van der Waals surface area contributed by atoms with E-state index in [1.807, 2.05) is 57.7 Å². The van der Waals surface area contributed by atoms with E-state index in [1.165, 1.54) is 0 Å². The lowest BCUT2D eigenvalue weighted by Gasteiger charge is -2.25. The van der Waals surface area contributed by atoms with E-state index < -0.39 is 0 Å². The number of fused-ring (bicyclic) bond motifs is 1. The highest BCUT2D eigenvalue weighted by atomic mass is 35.5. The molecule has 1 aromatic carbocycles. The fourth-order valence-electron chi connectivity index (χ4n) is 2.97. The number of nitrogens with zero attached hydrogens (tertiary/aromatic N) is 4. The van der Waals surface area contributed by atoms with E-state index in [1.54, 1.807) is 6.92 Å². The van der Waals surface area contributed by atoms with E-state index in [-0.39, 0.29) is 5.49 Å². The number of aromatic nitrogens is 2. The van der Waals surface area contributed by atoms with E-state index in [4.69, 9.17) is 27.7 Å². The Labute approximate surface area is 175 Å². The van der Waals surface area contributed by atoms with Crippen molar-refractivity contribution in [3.8, 4) is 11.3 Å². The molecule has 0 amide bonds. The molecule has 1 aromatic heterocycles. The lowest BCUT2D eigenvalue weighted by atomic mass is 10.1. The summed E-state index contributed by atoms with van der Waals surface area (Å²) >= 11 is 6.46. The molecular weight excluding hydrogens is 386 g/mol. The number of nitrogens with one attached hydrogen (secondary N) is 2. The van der Waals surface area contributed by atoms with Gasteiger partial charge in [-0.1, -0.05) is 29.8 Å². The Balaban J connectivity index is 2.25. The predicted molar refractivity (Wildman–Crippen MR) is 118 cm³/mol. The van der Waals surface area contributed by atoms with Crippen molar-refractivity contribution in [3.05, 3.63) is 56.9 Å². The van der Waals surface area contributed by atoms with Gasteiger partial charge in [-0.3, -0.25) is 5.41 Å². The van der Waals surface area contributed by atoms with E-state index in [0.717, 1.165) is 29.7 Å². The van der Waals surface area contributed by atoms with Gasteiger partial charge in [0, 0.05) is 53.9 Å². The van der Waals surface area contributed by atoms with Crippen LogP contribution >= 0.6 is 11.6 Å². The van der Waals surface area contributed by atoms with Gasteiger partial charge in [-0.15, -0.1) is 0 Å². The van der Waals surface area contributed by atoms with Gasteiger partial charge in [-0.25, -0.2) is 9.97 Å². The molecule has 0 saturated carbocycles. The lowest BCUT2D eigenvalue weighted by molar-refractivity contribution is 0.320. The molecule has 4 N–H and O–H groups in total. The molecule has 0 aliphatic carbocycles. The second-order valence-corrected chi connectivity index (χ2v) is 7.68. The molecule has 0 saturated heterocycles. The summed E-state index contributed by atoms with van der Waals surface area (Å²) in [7, 11) is 6.10. The second kappa shape index (κ2) is 8.63. The number of benzene rings is 1. The molecule has 3 rings (SSSR count). The van der Waals surface area contributed by atoms with Crippen LogP contribution in [0.2, 0.25) is 5.02 Å². The molecule has 2 aromatic rings. The van der Waals surface area contributed by atoms with Gasteiger partial charge in [0.2, 0.25) is 0 Å². The summed E-state index contributed by atoms with van der Waals surface area (Å²) in [6, 6.07) is 7.50.